The zero-order valence-corrected chi connectivity index (χ0v) is 14.6. The Morgan fingerprint density at radius 1 is 1.36 bits per heavy atom. The third-order valence-corrected chi connectivity index (χ3v) is 5.41. The Labute approximate surface area is 149 Å². The van der Waals surface area contributed by atoms with E-state index in [1.54, 1.807) is 28.5 Å². The molecule has 5 nitrogen and oxygen atoms in total. The number of rotatable bonds is 4. The maximum Gasteiger partial charge on any atom is 0.308 e. The van der Waals surface area contributed by atoms with Gasteiger partial charge in [0.1, 0.15) is 11.5 Å². The lowest BCUT2D eigenvalue weighted by atomic mass is 9.93. The lowest BCUT2D eigenvalue weighted by Crippen LogP contribution is -2.47. The average molecular weight is 362 g/mol. The summed E-state index contributed by atoms with van der Waals surface area (Å²) in [5, 5.41) is 11.5. The number of aromatic nitrogens is 1. The summed E-state index contributed by atoms with van der Waals surface area (Å²) in [5.41, 5.74) is 0.836. The molecule has 2 unspecified atom stereocenters. The predicted molar refractivity (Wildman–Crippen MR) is 92.2 cm³/mol. The van der Waals surface area contributed by atoms with Gasteiger partial charge in [0, 0.05) is 24.4 Å². The quantitative estimate of drug-likeness (QED) is 0.907. The number of carbonyl (C=O) groups excluding carboxylic acids is 1. The number of halogens is 1. The number of carboxylic acids is 1. The van der Waals surface area contributed by atoms with Gasteiger partial charge in [0.05, 0.1) is 10.9 Å². The normalized spacial score (nSPS) is 20.5. The molecule has 132 valence electrons. The van der Waals surface area contributed by atoms with Gasteiger partial charge < -0.3 is 10.0 Å². The Morgan fingerprint density at radius 3 is 2.84 bits per heavy atom. The van der Waals surface area contributed by atoms with Crippen molar-refractivity contribution in [2.45, 2.75) is 32.2 Å². The van der Waals surface area contributed by atoms with Crippen LogP contribution in [0.1, 0.15) is 40.8 Å². The fourth-order valence-electron chi connectivity index (χ4n) is 3.03. The van der Waals surface area contributed by atoms with Gasteiger partial charge in [0.2, 0.25) is 0 Å². The molecule has 0 radical (unpaired) electrons. The van der Waals surface area contributed by atoms with Crippen molar-refractivity contribution in [3.05, 3.63) is 51.7 Å². The fraction of sp³-hybridized carbons (Fsp3) is 0.389. The highest BCUT2D eigenvalue weighted by Crippen LogP contribution is 2.25. The van der Waals surface area contributed by atoms with E-state index in [1.165, 1.54) is 17.4 Å². The van der Waals surface area contributed by atoms with Gasteiger partial charge in [0.25, 0.3) is 5.91 Å². The zero-order chi connectivity index (χ0) is 18.0. The lowest BCUT2D eigenvalue weighted by Gasteiger charge is -2.36. The van der Waals surface area contributed by atoms with Crippen LogP contribution in [-0.4, -0.2) is 39.5 Å². The molecule has 1 saturated heterocycles. The third kappa shape index (κ3) is 3.87. The molecule has 0 aliphatic carbocycles. The molecule has 1 aromatic heterocycles. The average Bonchev–Trinajstić information content (AvgIpc) is 3.05. The van der Waals surface area contributed by atoms with E-state index in [2.05, 4.69) is 4.98 Å². The number of aliphatic carboxylic acids is 1. The maximum absolute atomic E-state index is 13.7. The molecular weight excluding hydrogens is 343 g/mol. The highest BCUT2D eigenvalue weighted by atomic mass is 32.1. The summed E-state index contributed by atoms with van der Waals surface area (Å²) in [5.74, 6) is -1.95. The topological polar surface area (TPSA) is 70.5 Å². The molecule has 1 amide bonds. The molecule has 0 bridgehead atoms. The van der Waals surface area contributed by atoms with Gasteiger partial charge in [-0.3, -0.25) is 9.59 Å². The Morgan fingerprint density at radius 2 is 2.12 bits per heavy atom. The summed E-state index contributed by atoms with van der Waals surface area (Å²) in [6.45, 7) is 2.12. The van der Waals surface area contributed by atoms with Crippen LogP contribution in [0, 0.1) is 11.7 Å². The first-order valence-electron chi connectivity index (χ1n) is 8.17. The molecule has 3 rings (SSSR count). The number of benzene rings is 1. The van der Waals surface area contributed by atoms with Gasteiger partial charge in [-0.25, -0.2) is 9.37 Å². The molecule has 2 aromatic rings. The van der Waals surface area contributed by atoms with Crippen LogP contribution >= 0.6 is 11.3 Å². The SMILES string of the molecule is CC1CCC(C(=O)O)CN1C(=O)c1csc(Cc2ccccc2F)n1. The van der Waals surface area contributed by atoms with Crippen LogP contribution < -0.4 is 0 Å². The van der Waals surface area contributed by atoms with Crippen molar-refractivity contribution >= 4 is 23.2 Å². The van der Waals surface area contributed by atoms with Gasteiger partial charge >= 0.3 is 5.97 Å². The van der Waals surface area contributed by atoms with Crippen molar-refractivity contribution in [3.63, 3.8) is 0 Å². The minimum absolute atomic E-state index is 0.0141. The summed E-state index contributed by atoms with van der Waals surface area (Å²) < 4.78 is 13.7. The molecule has 0 saturated carbocycles. The summed E-state index contributed by atoms with van der Waals surface area (Å²) >= 11 is 1.31. The molecular formula is C18H19FN2O3S. The van der Waals surface area contributed by atoms with Gasteiger partial charge in [0.15, 0.2) is 0 Å². The number of amides is 1. The summed E-state index contributed by atoms with van der Waals surface area (Å²) in [6, 6.07) is 6.48. The minimum atomic E-state index is -0.872. The molecule has 1 aliphatic rings. The highest BCUT2D eigenvalue weighted by Gasteiger charge is 2.33. The first-order valence-corrected chi connectivity index (χ1v) is 9.05. The number of nitrogens with zero attached hydrogens (tertiary/aromatic N) is 2. The van der Waals surface area contributed by atoms with Crippen molar-refractivity contribution in [1.29, 1.82) is 0 Å². The largest absolute Gasteiger partial charge is 0.481 e. The zero-order valence-electron chi connectivity index (χ0n) is 13.8. The van der Waals surface area contributed by atoms with E-state index in [4.69, 9.17) is 0 Å². The van der Waals surface area contributed by atoms with E-state index in [1.807, 2.05) is 6.92 Å². The van der Waals surface area contributed by atoms with Crippen LogP contribution in [0.25, 0.3) is 0 Å². The number of hydrogen-bond acceptors (Lipinski definition) is 4. The Balaban J connectivity index is 1.74. The second-order valence-corrected chi connectivity index (χ2v) is 7.26. The molecule has 1 N–H and O–H groups in total. The van der Waals surface area contributed by atoms with Crippen molar-refractivity contribution in [2.24, 2.45) is 5.92 Å². The highest BCUT2D eigenvalue weighted by molar-refractivity contribution is 7.09. The first kappa shape index (κ1) is 17.5. The molecule has 0 spiro atoms. The predicted octanol–water partition coefficient (Wildman–Crippen LogP) is 3.20. The van der Waals surface area contributed by atoms with E-state index in [0.29, 0.717) is 35.5 Å². The molecule has 1 fully saturated rings. The first-order chi connectivity index (χ1) is 12.0. The smallest absolute Gasteiger partial charge is 0.308 e. The van der Waals surface area contributed by atoms with E-state index in [9.17, 15) is 19.1 Å². The summed E-state index contributed by atoms with van der Waals surface area (Å²) in [4.78, 5) is 29.9. The van der Waals surface area contributed by atoms with E-state index >= 15 is 0 Å². The third-order valence-electron chi connectivity index (χ3n) is 4.56. The molecule has 2 atom stereocenters. The van der Waals surface area contributed by atoms with Gasteiger partial charge in [-0.2, -0.15) is 0 Å². The number of carbonyl (C=O) groups is 2. The molecule has 1 aromatic carbocycles. The van der Waals surface area contributed by atoms with Crippen LogP contribution in [0.5, 0.6) is 0 Å². The summed E-state index contributed by atoms with van der Waals surface area (Å²) in [6.07, 6.45) is 1.57. The number of carboxylic acid groups (broad SMARTS) is 1. The van der Waals surface area contributed by atoms with Crippen LogP contribution in [-0.2, 0) is 11.2 Å². The monoisotopic (exact) mass is 362 g/mol. The van der Waals surface area contributed by atoms with Gasteiger partial charge in [-0.1, -0.05) is 18.2 Å². The van der Waals surface area contributed by atoms with Gasteiger partial charge in [-0.15, -0.1) is 11.3 Å². The van der Waals surface area contributed by atoms with Crippen LogP contribution in [0.15, 0.2) is 29.6 Å². The Hall–Kier alpha value is -2.28. The van der Waals surface area contributed by atoms with E-state index in [-0.39, 0.29) is 24.3 Å². The molecule has 1 aliphatic heterocycles. The number of piperidine rings is 1. The molecule has 25 heavy (non-hydrogen) atoms. The second kappa shape index (κ2) is 7.31. The Kier molecular flexibility index (Phi) is 5.13. The van der Waals surface area contributed by atoms with Crippen molar-refractivity contribution in [3.8, 4) is 0 Å². The minimum Gasteiger partial charge on any atom is -0.481 e. The lowest BCUT2D eigenvalue weighted by molar-refractivity contribution is -0.143. The number of hydrogen-bond donors (Lipinski definition) is 1. The molecule has 2 heterocycles. The molecule has 7 heteroatoms. The fourth-order valence-corrected chi connectivity index (χ4v) is 3.82. The number of thiazole rings is 1. The summed E-state index contributed by atoms with van der Waals surface area (Å²) in [7, 11) is 0. The van der Waals surface area contributed by atoms with E-state index < -0.39 is 11.9 Å². The van der Waals surface area contributed by atoms with Crippen LogP contribution in [0.4, 0.5) is 4.39 Å². The maximum atomic E-state index is 13.7. The van der Waals surface area contributed by atoms with Crippen molar-refractivity contribution in [2.75, 3.05) is 6.54 Å². The van der Waals surface area contributed by atoms with Crippen LogP contribution in [0.2, 0.25) is 0 Å². The standard InChI is InChI=1S/C18H19FN2O3S/c1-11-6-7-13(18(23)24)9-21(11)17(22)15-10-25-16(20-15)8-12-4-2-3-5-14(12)19/h2-5,10-11,13H,6-9H2,1H3,(H,23,24). The van der Waals surface area contributed by atoms with E-state index in [0.717, 1.165) is 0 Å². The van der Waals surface area contributed by atoms with Crippen molar-refractivity contribution in [1.82, 2.24) is 9.88 Å². The Bertz CT molecular complexity index is 792. The number of likely N-dealkylation sites (tertiary alicyclic amines) is 1. The second-order valence-electron chi connectivity index (χ2n) is 6.31. The van der Waals surface area contributed by atoms with Gasteiger partial charge in [-0.05, 0) is 31.4 Å². The van der Waals surface area contributed by atoms with Crippen molar-refractivity contribution < 1.29 is 19.1 Å². The van der Waals surface area contributed by atoms with Crippen LogP contribution in [0.3, 0.4) is 0 Å².